The third kappa shape index (κ3) is 1.86. The number of halogens is 1. The molecule has 0 fully saturated rings. The number of ether oxygens (including phenoxy) is 1. The lowest BCUT2D eigenvalue weighted by Gasteiger charge is -2.08. The van der Waals surface area contributed by atoms with E-state index in [4.69, 9.17) is 21.4 Å². The van der Waals surface area contributed by atoms with Gasteiger partial charge in [-0.25, -0.2) is 9.78 Å². The Morgan fingerprint density at radius 3 is 3.05 bits per heavy atom. The molecular weight excluding hydrogens is 268 g/mol. The fourth-order valence-electron chi connectivity index (χ4n) is 2.29. The first-order valence-corrected chi connectivity index (χ1v) is 6.13. The number of aliphatic carboxylic acids is 1. The maximum absolute atomic E-state index is 11.0. The first-order chi connectivity index (χ1) is 9.10. The van der Waals surface area contributed by atoms with Crippen LogP contribution in [0.1, 0.15) is 5.56 Å². The van der Waals surface area contributed by atoms with Crippen molar-refractivity contribution in [2.45, 2.75) is 12.5 Å². The van der Waals surface area contributed by atoms with Gasteiger partial charge in [0.25, 0.3) is 0 Å². The lowest BCUT2D eigenvalue weighted by atomic mass is 10.1. The summed E-state index contributed by atoms with van der Waals surface area (Å²) >= 11 is 6.12. The number of hydrogen-bond donors (Lipinski definition) is 2. The smallest absolute Gasteiger partial charge is 0.326 e. The van der Waals surface area contributed by atoms with Crippen molar-refractivity contribution in [2.75, 3.05) is 12.4 Å². The topological polar surface area (TPSA) is 71.5 Å². The average Bonchev–Trinajstić information content (AvgIpc) is 2.80. The van der Waals surface area contributed by atoms with Gasteiger partial charge in [-0.1, -0.05) is 11.6 Å². The zero-order valence-corrected chi connectivity index (χ0v) is 10.9. The summed E-state index contributed by atoms with van der Waals surface area (Å²) in [7, 11) is 1.58. The Labute approximate surface area is 114 Å². The molecule has 6 heteroatoms. The van der Waals surface area contributed by atoms with Gasteiger partial charge in [-0.05, 0) is 23.8 Å². The molecule has 0 aliphatic carbocycles. The van der Waals surface area contributed by atoms with E-state index in [0.29, 0.717) is 28.5 Å². The van der Waals surface area contributed by atoms with Crippen LogP contribution in [0.3, 0.4) is 0 Å². The second-order valence-corrected chi connectivity index (χ2v) is 4.79. The summed E-state index contributed by atoms with van der Waals surface area (Å²) in [5.74, 6) is 0.364. The highest BCUT2D eigenvalue weighted by Crippen LogP contribution is 2.35. The monoisotopic (exact) mass is 278 g/mol. The molecule has 1 unspecified atom stereocenters. The number of methoxy groups -OCH3 is 1. The van der Waals surface area contributed by atoms with Gasteiger partial charge in [0.05, 0.1) is 17.6 Å². The van der Waals surface area contributed by atoms with Crippen molar-refractivity contribution in [3.05, 3.63) is 28.8 Å². The van der Waals surface area contributed by atoms with Gasteiger partial charge < -0.3 is 15.2 Å². The van der Waals surface area contributed by atoms with E-state index in [-0.39, 0.29) is 0 Å². The third-order valence-electron chi connectivity index (χ3n) is 3.23. The van der Waals surface area contributed by atoms with Gasteiger partial charge in [-0.15, -0.1) is 0 Å². The second-order valence-electron chi connectivity index (χ2n) is 4.38. The Balaban J connectivity index is 2.19. The lowest BCUT2D eigenvalue weighted by molar-refractivity contribution is -0.137. The van der Waals surface area contributed by atoms with Crippen LogP contribution >= 0.6 is 11.6 Å². The number of nitrogens with one attached hydrogen (secondary N) is 1. The zero-order chi connectivity index (χ0) is 13.6. The SMILES string of the molecule is COc1ccc(Cl)c2nc3c(cc12)CC(C(=O)O)N3. The molecule has 0 bridgehead atoms. The molecule has 1 aromatic carbocycles. The van der Waals surface area contributed by atoms with Crippen molar-refractivity contribution >= 4 is 34.3 Å². The molecule has 0 radical (unpaired) electrons. The zero-order valence-electron chi connectivity index (χ0n) is 10.1. The number of rotatable bonds is 2. The van der Waals surface area contributed by atoms with Crippen LogP contribution in [-0.4, -0.2) is 29.2 Å². The Hall–Kier alpha value is -2.01. The van der Waals surface area contributed by atoms with Crippen LogP contribution < -0.4 is 10.1 Å². The number of hydrogen-bond acceptors (Lipinski definition) is 4. The van der Waals surface area contributed by atoms with Crippen LogP contribution in [-0.2, 0) is 11.2 Å². The first-order valence-electron chi connectivity index (χ1n) is 5.75. The minimum Gasteiger partial charge on any atom is -0.496 e. The predicted octanol–water partition coefficient (Wildman–Crippen LogP) is 2.32. The average molecular weight is 279 g/mol. The van der Waals surface area contributed by atoms with Crippen LogP contribution in [0, 0.1) is 0 Å². The quantitative estimate of drug-likeness (QED) is 0.882. The second kappa shape index (κ2) is 4.28. The predicted molar refractivity (Wildman–Crippen MR) is 72.1 cm³/mol. The summed E-state index contributed by atoms with van der Waals surface area (Å²) in [5.41, 5.74) is 1.47. The first kappa shape index (κ1) is 12.0. The Bertz CT molecular complexity index is 687. The van der Waals surface area contributed by atoms with Crippen LogP contribution in [0.5, 0.6) is 5.75 Å². The summed E-state index contributed by atoms with van der Waals surface area (Å²) in [4.78, 5) is 15.4. The van der Waals surface area contributed by atoms with Crippen molar-refractivity contribution in [2.24, 2.45) is 0 Å². The normalized spacial score (nSPS) is 17.1. The number of aromatic nitrogens is 1. The number of anilines is 1. The molecule has 0 saturated heterocycles. The van der Waals surface area contributed by atoms with E-state index in [2.05, 4.69) is 10.3 Å². The van der Waals surface area contributed by atoms with E-state index >= 15 is 0 Å². The molecule has 2 aromatic rings. The molecule has 1 aliphatic rings. The molecule has 98 valence electrons. The summed E-state index contributed by atoms with van der Waals surface area (Å²) in [6.07, 6.45) is 0.406. The van der Waals surface area contributed by atoms with E-state index in [1.54, 1.807) is 19.2 Å². The van der Waals surface area contributed by atoms with Crippen LogP contribution in [0.15, 0.2) is 18.2 Å². The molecule has 3 rings (SSSR count). The molecule has 2 N–H and O–H groups in total. The van der Waals surface area contributed by atoms with E-state index < -0.39 is 12.0 Å². The van der Waals surface area contributed by atoms with Crippen LogP contribution in [0.4, 0.5) is 5.82 Å². The van der Waals surface area contributed by atoms with E-state index in [1.165, 1.54) is 0 Å². The number of benzene rings is 1. The number of carboxylic acids is 1. The number of nitrogens with zero attached hydrogens (tertiary/aromatic N) is 1. The summed E-state index contributed by atoms with van der Waals surface area (Å²) in [6.45, 7) is 0. The highest BCUT2D eigenvalue weighted by molar-refractivity contribution is 6.35. The molecule has 0 saturated carbocycles. The van der Waals surface area contributed by atoms with Gasteiger partial charge in [0.15, 0.2) is 0 Å². The van der Waals surface area contributed by atoms with E-state index in [9.17, 15) is 4.79 Å². The van der Waals surface area contributed by atoms with Gasteiger partial charge in [0.2, 0.25) is 0 Å². The van der Waals surface area contributed by atoms with Crippen molar-refractivity contribution in [1.29, 1.82) is 0 Å². The largest absolute Gasteiger partial charge is 0.496 e. The highest BCUT2D eigenvalue weighted by Gasteiger charge is 2.28. The number of pyridine rings is 1. The van der Waals surface area contributed by atoms with Crippen molar-refractivity contribution in [1.82, 2.24) is 4.98 Å². The Morgan fingerprint density at radius 1 is 1.58 bits per heavy atom. The fourth-order valence-corrected chi connectivity index (χ4v) is 2.49. The molecular formula is C13H11ClN2O3. The molecule has 1 aliphatic heterocycles. The molecule has 2 heterocycles. The van der Waals surface area contributed by atoms with Gasteiger partial charge in [-0.3, -0.25) is 0 Å². The summed E-state index contributed by atoms with van der Waals surface area (Å²) < 4.78 is 5.28. The maximum Gasteiger partial charge on any atom is 0.326 e. The molecule has 0 spiro atoms. The molecule has 19 heavy (non-hydrogen) atoms. The summed E-state index contributed by atoms with van der Waals surface area (Å²) in [6, 6.07) is 4.74. The van der Waals surface area contributed by atoms with Crippen molar-refractivity contribution in [3.8, 4) is 5.75 Å². The molecule has 5 nitrogen and oxygen atoms in total. The molecule has 1 atom stereocenters. The fraction of sp³-hybridized carbons (Fsp3) is 0.231. The van der Waals surface area contributed by atoms with Crippen molar-refractivity contribution < 1.29 is 14.6 Å². The minimum absolute atomic E-state index is 0.406. The van der Waals surface area contributed by atoms with Crippen LogP contribution in [0.25, 0.3) is 10.9 Å². The van der Waals surface area contributed by atoms with E-state index in [0.717, 1.165) is 10.9 Å². The van der Waals surface area contributed by atoms with Gasteiger partial charge >= 0.3 is 5.97 Å². The summed E-state index contributed by atoms with van der Waals surface area (Å²) in [5, 5.41) is 13.2. The van der Waals surface area contributed by atoms with E-state index in [1.807, 2.05) is 6.07 Å². The van der Waals surface area contributed by atoms with Crippen LogP contribution in [0.2, 0.25) is 5.02 Å². The Kier molecular flexibility index (Phi) is 2.71. The lowest BCUT2D eigenvalue weighted by Crippen LogP contribution is -2.26. The minimum atomic E-state index is -0.889. The molecule has 0 amide bonds. The maximum atomic E-state index is 11.0. The Morgan fingerprint density at radius 2 is 2.37 bits per heavy atom. The van der Waals surface area contributed by atoms with Gasteiger partial charge in [0, 0.05) is 11.8 Å². The standard InChI is InChI=1S/C13H11ClN2O3/c1-19-10-3-2-8(14)11-7(10)4-6-5-9(13(17)18)15-12(6)16-11/h2-4,9H,5H2,1H3,(H,15,16)(H,17,18). The van der Waals surface area contributed by atoms with Gasteiger partial charge in [-0.2, -0.15) is 0 Å². The third-order valence-corrected chi connectivity index (χ3v) is 3.53. The van der Waals surface area contributed by atoms with Gasteiger partial charge in [0.1, 0.15) is 17.6 Å². The highest BCUT2D eigenvalue weighted by atomic mass is 35.5. The molecule has 1 aromatic heterocycles. The number of fused-ring (bicyclic) bond motifs is 2. The van der Waals surface area contributed by atoms with Crippen molar-refractivity contribution in [3.63, 3.8) is 0 Å². The number of carbonyl (C=O) groups is 1. The number of carboxylic acid groups (broad SMARTS) is 1.